The van der Waals surface area contributed by atoms with Crippen LogP contribution in [0.15, 0.2) is 55.2 Å². The first-order valence-corrected chi connectivity index (χ1v) is 9.44. The highest BCUT2D eigenvalue weighted by molar-refractivity contribution is 6.35. The van der Waals surface area contributed by atoms with E-state index in [1.54, 1.807) is 38.1 Å². The quantitative estimate of drug-likeness (QED) is 0.448. The van der Waals surface area contributed by atoms with E-state index in [1.807, 2.05) is 24.3 Å². The lowest BCUT2D eigenvalue weighted by atomic mass is 10.0. The van der Waals surface area contributed by atoms with Crippen LogP contribution in [0, 0.1) is 11.8 Å². The summed E-state index contributed by atoms with van der Waals surface area (Å²) in [6.45, 7) is 0. The Balaban J connectivity index is 1.85. The van der Waals surface area contributed by atoms with Crippen molar-refractivity contribution in [1.82, 2.24) is 20.2 Å². The molecule has 0 aliphatic heterocycles. The highest BCUT2D eigenvalue weighted by atomic mass is 35.5. The van der Waals surface area contributed by atoms with E-state index in [9.17, 15) is 0 Å². The molecular weight excluding hydrogens is 407 g/mol. The lowest BCUT2D eigenvalue weighted by Crippen LogP contribution is -2.00. The van der Waals surface area contributed by atoms with E-state index in [2.05, 4.69) is 32.0 Å². The number of hydrogen-bond donors (Lipinski definition) is 0. The molecule has 7 heteroatoms. The third-order valence-corrected chi connectivity index (χ3v) is 5.06. The Morgan fingerprint density at radius 2 is 1.66 bits per heavy atom. The lowest BCUT2D eigenvalue weighted by Gasteiger charge is -2.11. The molecule has 0 atom stereocenters. The minimum absolute atomic E-state index is 0.425. The van der Waals surface area contributed by atoms with Gasteiger partial charge in [0, 0.05) is 47.5 Å². The van der Waals surface area contributed by atoms with Crippen LogP contribution in [-0.4, -0.2) is 27.3 Å². The van der Waals surface area contributed by atoms with Crippen LogP contribution in [0.5, 0.6) is 5.75 Å². The maximum Gasteiger partial charge on any atom is 0.135 e. The van der Waals surface area contributed by atoms with Crippen LogP contribution >= 0.6 is 23.2 Å². The molecule has 0 bridgehead atoms. The van der Waals surface area contributed by atoms with Crippen LogP contribution in [0.1, 0.15) is 22.4 Å². The number of methoxy groups -OCH3 is 1. The number of pyridine rings is 2. The molecule has 4 aromatic rings. The summed E-state index contributed by atoms with van der Waals surface area (Å²) in [6, 6.07) is 7.52. The monoisotopic (exact) mass is 420 g/mol. The third kappa shape index (κ3) is 4.00. The van der Waals surface area contributed by atoms with Crippen molar-refractivity contribution in [3.05, 3.63) is 87.7 Å². The molecule has 3 heterocycles. The molecule has 29 heavy (non-hydrogen) atoms. The van der Waals surface area contributed by atoms with Crippen molar-refractivity contribution >= 4 is 34.0 Å². The van der Waals surface area contributed by atoms with Gasteiger partial charge in [0.05, 0.1) is 34.6 Å². The van der Waals surface area contributed by atoms with Crippen LogP contribution in [0.2, 0.25) is 10.0 Å². The number of rotatable bonds is 3. The summed E-state index contributed by atoms with van der Waals surface area (Å²) in [5.74, 6) is 7.02. The molecule has 0 unspecified atom stereocenters. The Bertz CT molecular complexity index is 1230. The SMILES string of the molecule is COc1ccc2c(Cc3c(Cl)cncc3Cl)nncc2c1C#Cc1ccncc1. The number of nitrogens with zero attached hydrogens (tertiary/aromatic N) is 4. The van der Waals surface area contributed by atoms with E-state index >= 15 is 0 Å². The number of benzene rings is 1. The maximum atomic E-state index is 6.28. The van der Waals surface area contributed by atoms with Crippen molar-refractivity contribution in [3.63, 3.8) is 0 Å². The molecule has 0 N–H and O–H groups in total. The van der Waals surface area contributed by atoms with Crippen molar-refractivity contribution < 1.29 is 4.74 Å². The summed E-state index contributed by atoms with van der Waals surface area (Å²) in [7, 11) is 1.62. The first kappa shape index (κ1) is 19.1. The summed E-state index contributed by atoms with van der Waals surface area (Å²) in [5, 5.41) is 11.2. The van der Waals surface area contributed by atoms with E-state index in [0.29, 0.717) is 22.2 Å². The Kier molecular flexibility index (Phi) is 5.57. The van der Waals surface area contributed by atoms with Gasteiger partial charge in [0.2, 0.25) is 0 Å². The molecule has 0 radical (unpaired) electrons. The highest BCUT2D eigenvalue weighted by Crippen LogP contribution is 2.31. The van der Waals surface area contributed by atoms with Gasteiger partial charge in [-0.3, -0.25) is 9.97 Å². The van der Waals surface area contributed by atoms with Gasteiger partial charge in [-0.05, 0) is 29.8 Å². The largest absolute Gasteiger partial charge is 0.495 e. The average molecular weight is 421 g/mol. The van der Waals surface area contributed by atoms with E-state index < -0.39 is 0 Å². The second-order valence-corrected chi connectivity index (χ2v) is 6.95. The minimum atomic E-state index is 0.425. The molecule has 142 valence electrons. The summed E-state index contributed by atoms with van der Waals surface area (Å²) < 4.78 is 5.52. The fourth-order valence-corrected chi connectivity index (χ4v) is 3.47. The van der Waals surface area contributed by atoms with Gasteiger partial charge in [-0.25, -0.2) is 0 Å². The lowest BCUT2D eigenvalue weighted by molar-refractivity contribution is 0.414. The Labute approximate surface area is 177 Å². The number of aromatic nitrogens is 4. The van der Waals surface area contributed by atoms with Crippen molar-refractivity contribution in [2.24, 2.45) is 0 Å². The molecule has 0 spiro atoms. The fourth-order valence-electron chi connectivity index (χ4n) is 2.97. The standard InChI is InChI=1S/C22H14Cl2N4O/c1-29-22-5-4-15-18(16(22)3-2-14-6-8-25-9-7-14)11-27-28-21(15)10-17-19(23)12-26-13-20(17)24/h4-9,11-13H,10H2,1H3. The molecular formula is C22H14Cl2N4O. The highest BCUT2D eigenvalue weighted by Gasteiger charge is 2.14. The number of halogens is 2. The summed E-state index contributed by atoms with van der Waals surface area (Å²) in [4.78, 5) is 8.01. The van der Waals surface area contributed by atoms with E-state index in [4.69, 9.17) is 27.9 Å². The molecule has 0 aliphatic carbocycles. The van der Waals surface area contributed by atoms with Gasteiger partial charge >= 0.3 is 0 Å². The smallest absolute Gasteiger partial charge is 0.135 e. The van der Waals surface area contributed by atoms with Crippen LogP contribution in [0.25, 0.3) is 10.8 Å². The molecule has 3 aromatic heterocycles. The second kappa shape index (κ2) is 8.44. The molecule has 5 nitrogen and oxygen atoms in total. The molecule has 0 amide bonds. The van der Waals surface area contributed by atoms with Crippen molar-refractivity contribution in [3.8, 4) is 17.6 Å². The third-order valence-electron chi connectivity index (χ3n) is 4.41. The van der Waals surface area contributed by atoms with Crippen LogP contribution in [0.3, 0.4) is 0 Å². The normalized spacial score (nSPS) is 10.4. The fraction of sp³-hybridized carbons (Fsp3) is 0.0909. The van der Waals surface area contributed by atoms with Crippen molar-refractivity contribution in [2.45, 2.75) is 6.42 Å². The average Bonchev–Trinajstić information content (AvgIpc) is 2.75. The van der Waals surface area contributed by atoms with Crippen molar-refractivity contribution in [1.29, 1.82) is 0 Å². The zero-order valence-corrected chi connectivity index (χ0v) is 16.9. The van der Waals surface area contributed by atoms with Gasteiger partial charge in [0.15, 0.2) is 0 Å². The first-order valence-electron chi connectivity index (χ1n) is 8.68. The van der Waals surface area contributed by atoms with Gasteiger partial charge in [-0.15, -0.1) is 0 Å². The van der Waals surface area contributed by atoms with Crippen LogP contribution in [-0.2, 0) is 6.42 Å². The van der Waals surface area contributed by atoms with Crippen LogP contribution < -0.4 is 4.74 Å². The van der Waals surface area contributed by atoms with Crippen molar-refractivity contribution in [2.75, 3.05) is 7.11 Å². The summed E-state index contributed by atoms with van der Waals surface area (Å²) >= 11 is 12.6. The van der Waals surface area contributed by atoms with Crippen LogP contribution in [0.4, 0.5) is 0 Å². The van der Waals surface area contributed by atoms with E-state index in [1.165, 1.54) is 0 Å². The predicted molar refractivity (Wildman–Crippen MR) is 113 cm³/mol. The summed E-state index contributed by atoms with van der Waals surface area (Å²) in [5.41, 5.74) is 3.10. The van der Waals surface area contributed by atoms with Gasteiger partial charge < -0.3 is 4.74 Å². The number of hydrogen-bond acceptors (Lipinski definition) is 5. The minimum Gasteiger partial charge on any atom is -0.495 e. The molecule has 4 rings (SSSR count). The number of ether oxygens (including phenoxy) is 1. The molecule has 0 aliphatic rings. The Morgan fingerprint density at radius 3 is 2.38 bits per heavy atom. The Hall–Kier alpha value is -3.20. The van der Waals surface area contributed by atoms with Gasteiger partial charge in [0.1, 0.15) is 5.75 Å². The first-order chi connectivity index (χ1) is 14.2. The van der Waals surface area contributed by atoms with Gasteiger partial charge in [-0.1, -0.05) is 35.0 Å². The second-order valence-electron chi connectivity index (χ2n) is 6.14. The zero-order chi connectivity index (χ0) is 20.2. The summed E-state index contributed by atoms with van der Waals surface area (Å²) in [6.07, 6.45) is 8.65. The molecule has 1 aromatic carbocycles. The van der Waals surface area contributed by atoms with E-state index in [-0.39, 0.29) is 0 Å². The molecule has 0 fully saturated rings. The molecule has 0 saturated carbocycles. The Morgan fingerprint density at radius 1 is 0.897 bits per heavy atom. The molecule has 0 saturated heterocycles. The topological polar surface area (TPSA) is 60.8 Å². The van der Waals surface area contributed by atoms with E-state index in [0.717, 1.165) is 33.2 Å². The maximum absolute atomic E-state index is 6.28. The van der Waals surface area contributed by atoms with Gasteiger partial charge in [-0.2, -0.15) is 10.2 Å². The van der Waals surface area contributed by atoms with Gasteiger partial charge in [0.25, 0.3) is 0 Å². The predicted octanol–water partition coefficient (Wildman–Crippen LogP) is 4.73. The zero-order valence-electron chi connectivity index (χ0n) is 15.4. The number of fused-ring (bicyclic) bond motifs is 1.